The molecule has 0 bridgehead atoms. The summed E-state index contributed by atoms with van der Waals surface area (Å²) in [4.78, 5) is 89.1. The topological polar surface area (TPSA) is 214 Å². The number of imidazole rings is 2. The largest absolute Gasteiger partial charge is 0.508 e. The Morgan fingerprint density at radius 1 is 0.633 bits per heavy atom. The van der Waals surface area contributed by atoms with Crippen molar-refractivity contribution in [2.45, 2.75) is 33.9 Å². The number of aryl methyl sites for hydroxylation is 4. The molecule has 0 amide bonds. The number of hydrogen-bond acceptors (Lipinski definition) is 12. The lowest BCUT2D eigenvalue weighted by Crippen LogP contribution is -2.39. The van der Waals surface area contributed by atoms with Crippen LogP contribution in [0.5, 0.6) is 11.5 Å². The molecule has 18 nitrogen and oxygen atoms in total. The standard InChI is InChI=1S/C20H16N4O4.C18H14N4O3.C4H6O3/c1-5-11-24-19(26)17-18(23(4)20(24)27)21-16(22(17)3)10-9-14-7-6-8-15(12-14)28-13(2)25;1-4-10-22-17(24)15-16(21(3)18(22)25)19-14(20(15)2)9-8-12-6-5-7-13(23)11-12;1-3(5)7-4(2)6/h1,6-8,12H,11H2,2-4H3;1,5-7,11,23H,10H2,2-3H3;1-2H3. The van der Waals surface area contributed by atoms with Gasteiger partial charge in [-0.25, -0.2) is 28.7 Å². The molecule has 304 valence electrons. The molecule has 0 aliphatic carbocycles. The summed E-state index contributed by atoms with van der Waals surface area (Å²) < 4.78 is 16.5. The Hall–Kier alpha value is -8.61. The number of ether oxygens (including phenoxy) is 2. The third-order valence-corrected chi connectivity index (χ3v) is 8.09. The van der Waals surface area contributed by atoms with Crippen molar-refractivity contribution < 1.29 is 29.0 Å². The number of hydrogen-bond donors (Lipinski definition) is 1. The van der Waals surface area contributed by atoms with Crippen molar-refractivity contribution in [3.8, 4) is 59.9 Å². The van der Waals surface area contributed by atoms with Gasteiger partial charge in [0.15, 0.2) is 34.0 Å². The summed E-state index contributed by atoms with van der Waals surface area (Å²) in [7, 11) is 6.33. The van der Waals surface area contributed by atoms with Crippen molar-refractivity contribution in [3.63, 3.8) is 0 Å². The molecule has 0 aliphatic rings. The van der Waals surface area contributed by atoms with Gasteiger partial charge in [-0.2, -0.15) is 0 Å². The number of rotatable bonds is 3. The summed E-state index contributed by atoms with van der Waals surface area (Å²) in [6.07, 6.45) is 10.5. The predicted octanol–water partition coefficient (Wildman–Crippen LogP) is 0.660. The summed E-state index contributed by atoms with van der Waals surface area (Å²) in [5.74, 6) is 15.7. The van der Waals surface area contributed by atoms with Gasteiger partial charge in [0.25, 0.3) is 11.1 Å². The number of fused-ring (bicyclic) bond motifs is 2. The number of phenols is 1. The van der Waals surface area contributed by atoms with Gasteiger partial charge in [0.2, 0.25) is 0 Å². The van der Waals surface area contributed by atoms with Gasteiger partial charge in [-0.3, -0.25) is 33.1 Å². The summed E-state index contributed by atoms with van der Waals surface area (Å²) in [6.45, 7) is 3.44. The minimum absolute atomic E-state index is 0.108. The molecule has 4 heterocycles. The van der Waals surface area contributed by atoms with Crippen LogP contribution in [-0.4, -0.2) is 60.4 Å². The first kappa shape index (κ1) is 44.1. The SMILES string of the molecule is C#CCn1c(=O)c2c(nc(C#Cc3cccc(O)c3)n2C)n(C)c1=O.C#CCn1c(=O)c2c(nc(C#Cc3cccc(OC(C)=O)c3)n2C)n(C)c1=O.CC(=O)OC(C)=O. The first-order chi connectivity index (χ1) is 28.4. The van der Waals surface area contributed by atoms with Gasteiger partial charge < -0.3 is 23.7 Å². The summed E-state index contributed by atoms with van der Waals surface area (Å²) in [5.41, 5.74) is 0.0632. The average molecular weight is 813 g/mol. The molecule has 2 aromatic carbocycles. The van der Waals surface area contributed by atoms with Crippen LogP contribution >= 0.6 is 0 Å². The van der Waals surface area contributed by atoms with Gasteiger partial charge in [0.1, 0.15) is 11.5 Å². The van der Waals surface area contributed by atoms with E-state index < -0.39 is 40.4 Å². The number of carbonyl (C=O) groups excluding carboxylic acids is 3. The monoisotopic (exact) mass is 812 g/mol. The molecule has 4 aromatic heterocycles. The van der Waals surface area contributed by atoms with Gasteiger partial charge in [-0.1, -0.05) is 35.8 Å². The Kier molecular flexibility index (Phi) is 14.0. The zero-order chi connectivity index (χ0) is 44.4. The van der Waals surface area contributed by atoms with E-state index in [9.17, 15) is 38.7 Å². The highest BCUT2D eigenvalue weighted by Gasteiger charge is 2.18. The van der Waals surface area contributed by atoms with Crippen LogP contribution in [0.3, 0.4) is 0 Å². The molecule has 0 unspecified atom stereocenters. The van der Waals surface area contributed by atoms with Crippen LogP contribution in [0.4, 0.5) is 0 Å². The molecule has 6 aromatic rings. The van der Waals surface area contributed by atoms with Crippen LogP contribution in [-0.2, 0) is 60.4 Å². The van der Waals surface area contributed by atoms with Crippen molar-refractivity contribution in [1.82, 2.24) is 37.4 Å². The molecule has 0 spiro atoms. The fourth-order valence-electron chi connectivity index (χ4n) is 5.42. The average Bonchev–Trinajstić information content (AvgIpc) is 3.70. The molecule has 60 heavy (non-hydrogen) atoms. The Morgan fingerprint density at radius 2 is 1.07 bits per heavy atom. The molecule has 0 fully saturated rings. The zero-order valence-corrected chi connectivity index (χ0v) is 33.4. The summed E-state index contributed by atoms with van der Waals surface area (Å²) in [6, 6.07) is 13.2. The maximum atomic E-state index is 12.6. The van der Waals surface area contributed by atoms with Crippen LogP contribution in [0, 0.1) is 48.4 Å². The number of terminal acetylenes is 2. The van der Waals surface area contributed by atoms with Gasteiger partial charge in [0.05, 0.1) is 13.1 Å². The van der Waals surface area contributed by atoms with Crippen LogP contribution in [0.15, 0.2) is 67.7 Å². The molecule has 0 aliphatic heterocycles. The molecule has 18 heteroatoms. The third-order valence-electron chi connectivity index (χ3n) is 8.09. The van der Waals surface area contributed by atoms with E-state index in [0.717, 1.165) is 9.13 Å². The number of carbonyl (C=O) groups is 3. The fourth-order valence-corrected chi connectivity index (χ4v) is 5.42. The zero-order valence-electron chi connectivity index (χ0n) is 33.4. The van der Waals surface area contributed by atoms with E-state index in [2.05, 4.69) is 50.2 Å². The number of phenolic OH excluding ortho intramolecular Hbond substituents is 1. The quantitative estimate of drug-likeness (QED) is 0.113. The molecule has 0 saturated carbocycles. The fraction of sp³-hybridized carbons (Fsp3) is 0.214. The van der Waals surface area contributed by atoms with Crippen molar-refractivity contribution in [2.75, 3.05) is 0 Å². The number of esters is 3. The number of aromatic hydroxyl groups is 1. The molecular weight excluding hydrogens is 777 g/mol. The smallest absolute Gasteiger partial charge is 0.333 e. The van der Waals surface area contributed by atoms with E-state index in [1.54, 1.807) is 56.6 Å². The van der Waals surface area contributed by atoms with Crippen molar-refractivity contribution in [1.29, 1.82) is 0 Å². The Labute approximate surface area is 340 Å². The van der Waals surface area contributed by atoms with E-state index in [0.29, 0.717) is 28.5 Å². The lowest BCUT2D eigenvalue weighted by atomic mass is 10.2. The minimum atomic E-state index is -0.562. The molecule has 6 rings (SSSR count). The number of nitrogens with zero attached hydrogens (tertiary/aromatic N) is 8. The van der Waals surface area contributed by atoms with Crippen molar-refractivity contribution >= 4 is 40.2 Å². The second-order valence-corrected chi connectivity index (χ2v) is 12.5. The number of aromatic nitrogens is 8. The first-order valence-electron chi connectivity index (χ1n) is 17.4. The molecule has 0 atom stereocenters. The van der Waals surface area contributed by atoms with Gasteiger partial charge in [0, 0.05) is 60.1 Å². The highest BCUT2D eigenvalue weighted by atomic mass is 16.6. The van der Waals surface area contributed by atoms with E-state index in [-0.39, 0.29) is 41.2 Å². The van der Waals surface area contributed by atoms with Crippen LogP contribution in [0.25, 0.3) is 22.3 Å². The second kappa shape index (κ2) is 19.0. The first-order valence-corrected chi connectivity index (χ1v) is 17.4. The van der Waals surface area contributed by atoms with Gasteiger partial charge in [-0.05, 0) is 48.2 Å². The van der Waals surface area contributed by atoms with E-state index >= 15 is 0 Å². The normalized spacial score (nSPS) is 9.95. The maximum Gasteiger partial charge on any atom is 0.333 e. The summed E-state index contributed by atoms with van der Waals surface area (Å²) >= 11 is 0. The van der Waals surface area contributed by atoms with Crippen LogP contribution in [0.1, 0.15) is 43.5 Å². The predicted molar refractivity (Wildman–Crippen MR) is 218 cm³/mol. The molecular formula is C42H36N8O10. The van der Waals surface area contributed by atoms with E-state index in [1.807, 2.05) is 0 Å². The minimum Gasteiger partial charge on any atom is -0.508 e. The Balaban J connectivity index is 0.000000230. The van der Waals surface area contributed by atoms with E-state index in [4.69, 9.17) is 17.6 Å². The Bertz CT molecular complexity index is 3160. The van der Waals surface area contributed by atoms with Crippen LogP contribution < -0.4 is 27.2 Å². The Morgan fingerprint density at radius 3 is 1.45 bits per heavy atom. The van der Waals surface area contributed by atoms with Gasteiger partial charge >= 0.3 is 29.3 Å². The molecule has 1 N–H and O–H groups in total. The van der Waals surface area contributed by atoms with Crippen molar-refractivity contribution in [2.24, 2.45) is 28.2 Å². The van der Waals surface area contributed by atoms with Gasteiger partial charge in [-0.15, -0.1) is 12.8 Å². The maximum absolute atomic E-state index is 12.6. The van der Waals surface area contributed by atoms with E-state index in [1.165, 1.54) is 59.2 Å². The lowest BCUT2D eigenvalue weighted by molar-refractivity contribution is -0.156. The molecule has 0 radical (unpaired) electrons. The number of benzene rings is 2. The van der Waals surface area contributed by atoms with Crippen molar-refractivity contribution in [3.05, 3.63) is 113 Å². The highest BCUT2D eigenvalue weighted by Crippen LogP contribution is 2.14. The highest BCUT2D eigenvalue weighted by molar-refractivity contribution is 5.82. The second-order valence-electron chi connectivity index (χ2n) is 12.5. The molecule has 0 saturated heterocycles. The lowest BCUT2D eigenvalue weighted by Gasteiger charge is -2.05. The summed E-state index contributed by atoms with van der Waals surface area (Å²) in [5, 5.41) is 9.48. The van der Waals surface area contributed by atoms with Crippen LogP contribution in [0.2, 0.25) is 0 Å². The third kappa shape index (κ3) is 10.0.